The lowest BCUT2D eigenvalue weighted by Crippen LogP contribution is -2.53. The SMILES string of the molecule is CNc1ccc(C#CC2=CC3CC3(C(F)(F)C(O)(c3cncnc3)c3ccc(F)cc3F)C=C2)cc1. The van der Waals surface area contributed by atoms with Crippen molar-refractivity contribution in [3.63, 3.8) is 0 Å². The first-order valence-electron chi connectivity index (χ1n) is 11.2. The second-order valence-corrected chi connectivity index (χ2v) is 8.92. The van der Waals surface area contributed by atoms with E-state index in [0.29, 0.717) is 11.6 Å². The van der Waals surface area contributed by atoms with E-state index in [4.69, 9.17) is 0 Å². The maximum Gasteiger partial charge on any atom is 0.294 e. The van der Waals surface area contributed by atoms with Crippen LogP contribution in [0.2, 0.25) is 0 Å². The van der Waals surface area contributed by atoms with E-state index in [0.717, 1.165) is 42.1 Å². The van der Waals surface area contributed by atoms with Crippen molar-refractivity contribution in [2.24, 2.45) is 11.3 Å². The van der Waals surface area contributed by atoms with Gasteiger partial charge in [0.2, 0.25) is 0 Å². The summed E-state index contributed by atoms with van der Waals surface area (Å²) in [5, 5.41) is 14.6. The van der Waals surface area contributed by atoms with Crippen molar-refractivity contribution in [3.05, 3.63) is 113 Å². The molecule has 2 aromatic carbocycles. The fraction of sp³-hybridized carbons (Fsp3) is 0.214. The largest absolute Gasteiger partial charge is 0.388 e. The monoisotopic (exact) mass is 491 g/mol. The van der Waals surface area contributed by atoms with Gasteiger partial charge in [0.1, 0.15) is 18.0 Å². The molecule has 3 aromatic rings. The summed E-state index contributed by atoms with van der Waals surface area (Å²) in [7, 11) is 1.81. The Morgan fingerprint density at radius 2 is 1.78 bits per heavy atom. The van der Waals surface area contributed by atoms with Gasteiger partial charge in [0, 0.05) is 53.5 Å². The van der Waals surface area contributed by atoms with Gasteiger partial charge in [-0.3, -0.25) is 0 Å². The summed E-state index contributed by atoms with van der Waals surface area (Å²) < 4.78 is 61.2. The maximum atomic E-state index is 16.4. The predicted octanol–water partition coefficient (Wildman–Crippen LogP) is 5.22. The summed E-state index contributed by atoms with van der Waals surface area (Å²) in [6, 6.07) is 9.59. The van der Waals surface area contributed by atoms with Gasteiger partial charge in [-0.05, 0) is 48.7 Å². The van der Waals surface area contributed by atoms with Crippen LogP contribution in [0.4, 0.5) is 23.2 Å². The van der Waals surface area contributed by atoms with Gasteiger partial charge in [-0.15, -0.1) is 0 Å². The van der Waals surface area contributed by atoms with Gasteiger partial charge in [0.05, 0.1) is 5.41 Å². The number of nitrogens with zero attached hydrogens (tertiary/aromatic N) is 2. The van der Waals surface area contributed by atoms with Crippen LogP contribution in [0.15, 0.2) is 85.0 Å². The Morgan fingerprint density at radius 1 is 1.06 bits per heavy atom. The van der Waals surface area contributed by atoms with Crippen LogP contribution in [-0.2, 0) is 5.60 Å². The molecule has 182 valence electrons. The molecule has 8 heteroatoms. The molecule has 3 atom stereocenters. The molecule has 3 unspecified atom stereocenters. The van der Waals surface area contributed by atoms with E-state index in [2.05, 4.69) is 27.1 Å². The zero-order valence-electron chi connectivity index (χ0n) is 19.1. The molecule has 2 aliphatic rings. The molecule has 1 aromatic heterocycles. The summed E-state index contributed by atoms with van der Waals surface area (Å²) >= 11 is 0. The van der Waals surface area contributed by atoms with Crippen LogP contribution in [0.1, 0.15) is 23.1 Å². The Balaban J connectivity index is 1.50. The van der Waals surface area contributed by atoms with Gasteiger partial charge in [-0.25, -0.2) is 27.5 Å². The number of allylic oxidation sites excluding steroid dienone is 4. The first kappa shape index (κ1) is 23.8. The summed E-state index contributed by atoms with van der Waals surface area (Å²) in [4.78, 5) is 7.48. The average Bonchev–Trinajstić information content (AvgIpc) is 3.64. The van der Waals surface area contributed by atoms with Crippen molar-refractivity contribution in [3.8, 4) is 11.8 Å². The van der Waals surface area contributed by atoms with Crippen molar-refractivity contribution in [1.29, 1.82) is 0 Å². The molecule has 0 saturated heterocycles. The quantitative estimate of drug-likeness (QED) is 0.380. The van der Waals surface area contributed by atoms with Crippen molar-refractivity contribution >= 4 is 5.69 Å². The van der Waals surface area contributed by atoms with Crippen LogP contribution in [0, 0.1) is 34.8 Å². The standard InChI is InChI=1S/C28H21F4N3O/c1-33-23-7-4-18(5-8-23)2-3-19-10-11-26(14-20(26)12-19)28(31,32)27(36,21-15-34-17-35-16-21)24-9-6-22(29)13-25(24)30/h4-13,15-17,20,33,36H,14H2,1H3. The van der Waals surface area contributed by atoms with E-state index in [1.54, 1.807) is 6.08 Å². The highest BCUT2D eigenvalue weighted by Gasteiger charge is 2.76. The normalized spacial score (nSPS) is 21.9. The van der Waals surface area contributed by atoms with E-state index >= 15 is 8.78 Å². The number of anilines is 1. The zero-order valence-corrected chi connectivity index (χ0v) is 19.1. The van der Waals surface area contributed by atoms with Crippen LogP contribution >= 0.6 is 0 Å². The second-order valence-electron chi connectivity index (χ2n) is 8.92. The van der Waals surface area contributed by atoms with Crippen LogP contribution in [-0.4, -0.2) is 28.0 Å². The van der Waals surface area contributed by atoms with Crippen molar-refractivity contribution in [2.75, 3.05) is 12.4 Å². The van der Waals surface area contributed by atoms with Gasteiger partial charge in [0.25, 0.3) is 5.92 Å². The number of fused-ring (bicyclic) bond motifs is 1. The third-order valence-corrected chi connectivity index (χ3v) is 6.86. The molecule has 1 saturated carbocycles. The highest BCUT2D eigenvalue weighted by molar-refractivity contribution is 5.54. The number of hydrogen-bond donors (Lipinski definition) is 2. The first-order valence-corrected chi connectivity index (χ1v) is 11.2. The fourth-order valence-corrected chi connectivity index (χ4v) is 4.74. The highest BCUT2D eigenvalue weighted by Crippen LogP contribution is 2.70. The molecule has 1 heterocycles. The molecular weight excluding hydrogens is 470 g/mol. The molecule has 4 nitrogen and oxygen atoms in total. The first-order chi connectivity index (χ1) is 17.2. The molecule has 0 amide bonds. The number of hydrogen-bond acceptors (Lipinski definition) is 4. The molecule has 36 heavy (non-hydrogen) atoms. The Kier molecular flexibility index (Phi) is 5.68. The van der Waals surface area contributed by atoms with Gasteiger partial charge in [-0.1, -0.05) is 30.1 Å². The zero-order chi connectivity index (χ0) is 25.6. The molecule has 5 rings (SSSR count). The second kappa shape index (κ2) is 8.61. The molecule has 2 N–H and O–H groups in total. The Morgan fingerprint density at radius 3 is 2.42 bits per heavy atom. The Labute approximate surface area is 205 Å². The fourth-order valence-electron chi connectivity index (χ4n) is 4.74. The number of aromatic nitrogens is 2. The molecule has 2 aliphatic carbocycles. The minimum absolute atomic E-state index is 0.0252. The molecular formula is C28H21F4N3O. The lowest BCUT2D eigenvalue weighted by atomic mass is 9.73. The molecule has 0 aliphatic heterocycles. The minimum Gasteiger partial charge on any atom is -0.388 e. The van der Waals surface area contributed by atoms with E-state index < -0.39 is 45.6 Å². The van der Waals surface area contributed by atoms with Crippen molar-refractivity contribution in [2.45, 2.75) is 17.9 Å². The van der Waals surface area contributed by atoms with E-state index in [1.165, 1.54) is 12.2 Å². The molecule has 1 fully saturated rings. The number of aliphatic hydroxyl groups is 1. The third-order valence-electron chi connectivity index (χ3n) is 6.86. The van der Waals surface area contributed by atoms with Gasteiger partial charge >= 0.3 is 0 Å². The van der Waals surface area contributed by atoms with Crippen molar-refractivity contribution in [1.82, 2.24) is 9.97 Å². The number of rotatable bonds is 5. The van der Waals surface area contributed by atoms with E-state index in [-0.39, 0.29) is 6.42 Å². The van der Waals surface area contributed by atoms with Crippen LogP contribution < -0.4 is 5.32 Å². The molecule has 0 radical (unpaired) electrons. The number of halogens is 4. The third kappa shape index (κ3) is 3.67. The molecule has 0 bridgehead atoms. The van der Waals surface area contributed by atoms with Crippen LogP contribution in [0.5, 0.6) is 0 Å². The summed E-state index contributed by atoms with van der Waals surface area (Å²) in [6.45, 7) is 0. The van der Waals surface area contributed by atoms with Gasteiger partial charge in [0.15, 0.2) is 5.60 Å². The number of benzene rings is 2. The summed E-state index contributed by atoms with van der Waals surface area (Å²) in [6.07, 6.45) is 7.63. The Bertz CT molecular complexity index is 1430. The smallest absolute Gasteiger partial charge is 0.294 e. The number of nitrogens with one attached hydrogen (secondary N) is 1. The predicted molar refractivity (Wildman–Crippen MR) is 127 cm³/mol. The number of alkyl halides is 2. The average molecular weight is 491 g/mol. The Hall–Kier alpha value is -3.96. The van der Waals surface area contributed by atoms with E-state index in [9.17, 15) is 13.9 Å². The van der Waals surface area contributed by atoms with Crippen LogP contribution in [0.25, 0.3) is 0 Å². The van der Waals surface area contributed by atoms with Gasteiger partial charge in [-0.2, -0.15) is 0 Å². The maximum absolute atomic E-state index is 16.4. The lowest BCUT2D eigenvalue weighted by molar-refractivity contribution is -0.199. The summed E-state index contributed by atoms with van der Waals surface area (Å²) in [5.74, 6) is -0.760. The van der Waals surface area contributed by atoms with Crippen molar-refractivity contribution < 1.29 is 22.7 Å². The lowest BCUT2D eigenvalue weighted by Gasteiger charge is -2.41. The molecule has 0 spiro atoms. The van der Waals surface area contributed by atoms with Crippen LogP contribution in [0.3, 0.4) is 0 Å². The summed E-state index contributed by atoms with van der Waals surface area (Å²) in [5.41, 5.74) is -3.79. The highest BCUT2D eigenvalue weighted by atomic mass is 19.3. The van der Waals surface area contributed by atoms with Gasteiger partial charge < -0.3 is 10.4 Å². The van der Waals surface area contributed by atoms with E-state index in [1.807, 2.05) is 31.3 Å². The minimum atomic E-state index is -3.90. The topological polar surface area (TPSA) is 58.0 Å².